The smallest absolute Gasteiger partial charge is 0.261 e. The Morgan fingerprint density at radius 3 is 2.42 bits per heavy atom. The van der Waals surface area contributed by atoms with E-state index in [1.807, 2.05) is 49.4 Å². The molecule has 0 saturated heterocycles. The predicted octanol–water partition coefficient (Wildman–Crippen LogP) is 4.13. The van der Waals surface area contributed by atoms with Crippen LogP contribution in [-0.4, -0.2) is 28.0 Å². The number of aryl methyl sites for hydroxylation is 1. The fraction of sp³-hybridized carbons (Fsp3) is 0.0455. The molecule has 9 heteroatoms. The molecule has 0 aliphatic rings. The van der Waals surface area contributed by atoms with E-state index in [4.69, 9.17) is 0 Å². The van der Waals surface area contributed by atoms with Gasteiger partial charge in [0.15, 0.2) is 0 Å². The van der Waals surface area contributed by atoms with Gasteiger partial charge in [0.2, 0.25) is 0 Å². The average Bonchev–Trinajstić information content (AvgIpc) is 3.22. The van der Waals surface area contributed by atoms with Crippen molar-refractivity contribution < 1.29 is 8.42 Å². The number of sulfonamides is 1. The van der Waals surface area contributed by atoms with Gasteiger partial charge in [-0.05, 0) is 54.1 Å². The first-order valence-electron chi connectivity index (χ1n) is 9.54. The maximum atomic E-state index is 12.8. The van der Waals surface area contributed by atoms with Crippen LogP contribution in [0, 0.1) is 6.92 Å². The molecule has 2 N–H and O–H groups in total. The maximum Gasteiger partial charge on any atom is 0.261 e. The minimum atomic E-state index is -3.72. The minimum absolute atomic E-state index is 0.169. The predicted molar refractivity (Wildman–Crippen MR) is 120 cm³/mol. The summed E-state index contributed by atoms with van der Waals surface area (Å²) in [7, 11) is -3.72. The first-order valence-corrected chi connectivity index (χ1v) is 11.0. The molecule has 0 atom stereocenters. The molecule has 0 spiro atoms. The summed E-state index contributed by atoms with van der Waals surface area (Å²) >= 11 is 0. The maximum absolute atomic E-state index is 12.8. The number of nitrogens with one attached hydrogen (secondary N) is 2. The molecule has 0 unspecified atom stereocenters. The molecular formula is C22H18N6O2S. The van der Waals surface area contributed by atoms with Crippen LogP contribution in [0.2, 0.25) is 0 Å². The third-order valence-corrected chi connectivity index (χ3v) is 6.22. The van der Waals surface area contributed by atoms with Gasteiger partial charge in [0.25, 0.3) is 15.8 Å². The van der Waals surface area contributed by atoms with Crippen molar-refractivity contribution in [2.75, 3.05) is 10.0 Å². The summed E-state index contributed by atoms with van der Waals surface area (Å²) in [6.07, 6.45) is 1.43. The Labute approximate surface area is 178 Å². The lowest BCUT2D eigenvalue weighted by atomic mass is 10.1. The largest absolute Gasteiger partial charge is 0.340 e. The Balaban J connectivity index is 1.38. The molecule has 31 heavy (non-hydrogen) atoms. The molecule has 5 rings (SSSR count). The van der Waals surface area contributed by atoms with Crippen molar-refractivity contribution in [3.8, 4) is 0 Å². The van der Waals surface area contributed by atoms with E-state index >= 15 is 0 Å². The molecular weight excluding hydrogens is 412 g/mol. The van der Waals surface area contributed by atoms with Crippen LogP contribution in [0.5, 0.6) is 0 Å². The number of aromatic nitrogens is 4. The Hall–Kier alpha value is -3.98. The first-order chi connectivity index (χ1) is 15.0. The van der Waals surface area contributed by atoms with E-state index in [1.165, 1.54) is 6.33 Å². The summed E-state index contributed by atoms with van der Waals surface area (Å²) in [6.45, 7) is 1.87. The highest BCUT2D eigenvalue weighted by molar-refractivity contribution is 7.92. The molecule has 0 radical (unpaired) electrons. The van der Waals surface area contributed by atoms with Crippen molar-refractivity contribution in [2.24, 2.45) is 0 Å². The van der Waals surface area contributed by atoms with E-state index in [0.29, 0.717) is 23.0 Å². The Morgan fingerprint density at radius 1 is 0.871 bits per heavy atom. The summed E-state index contributed by atoms with van der Waals surface area (Å²) < 4.78 is 29.9. The molecule has 3 aromatic carbocycles. The van der Waals surface area contributed by atoms with Crippen LogP contribution in [0.15, 0.2) is 84.0 Å². The lowest BCUT2D eigenvalue weighted by molar-refractivity contribution is 0.601. The quantitative estimate of drug-likeness (QED) is 0.435. The van der Waals surface area contributed by atoms with Crippen molar-refractivity contribution in [2.45, 2.75) is 11.8 Å². The molecule has 2 aromatic heterocycles. The highest BCUT2D eigenvalue weighted by atomic mass is 32.2. The lowest BCUT2D eigenvalue weighted by Crippen LogP contribution is -2.13. The second kappa shape index (κ2) is 7.37. The van der Waals surface area contributed by atoms with Gasteiger partial charge in [-0.2, -0.15) is 14.6 Å². The number of hydrogen-bond donors (Lipinski definition) is 2. The summed E-state index contributed by atoms with van der Waals surface area (Å²) in [5, 5.41) is 9.40. The Bertz CT molecular complexity index is 1510. The van der Waals surface area contributed by atoms with Gasteiger partial charge in [0, 0.05) is 23.1 Å². The molecule has 0 saturated carbocycles. The zero-order valence-corrected chi connectivity index (χ0v) is 17.3. The third kappa shape index (κ3) is 3.78. The summed E-state index contributed by atoms with van der Waals surface area (Å²) in [4.78, 5) is 8.57. The van der Waals surface area contributed by atoms with Crippen LogP contribution in [0.25, 0.3) is 16.6 Å². The topological polar surface area (TPSA) is 101 Å². The number of hydrogen-bond acceptors (Lipinski definition) is 6. The van der Waals surface area contributed by atoms with Gasteiger partial charge in [0.1, 0.15) is 12.1 Å². The van der Waals surface area contributed by atoms with Crippen LogP contribution in [0.3, 0.4) is 0 Å². The monoisotopic (exact) mass is 430 g/mol. The van der Waals surface area contributed by atoms with Gasteiger partial charge < -0.3 is 5.32 Å². The number of anilines is 3. The minimum Gasteiger partial charge on any atom is -0.340 e. The third-order valence-electron chi connectivity index (χ3n) is 4.82. The second-order valence-electron chi connectivity index (χ2n) is 7.07. The van der Waals surface area contributed by atoms with Crippen LogP contribution in [0.1, 0.15) is 5.69 Å². The van der Waals surface area contributed by atoms with Crippen molar-refractivity contribution in [1.82, 2.24) is 19.6 Å². The van der Waals surface area contributed by atoms with Gasteiger partial charge in [-0.3, -0.25) is 4.72 Å². The number of fused-ring (bicyclic) bond motifs is 2. The normalized spacial score (nSPS) is 11.6. The standard InChI is InChI=1S/C22H18N6O2S/c1-15-12-21(28-22(25-15)23-14-24-28)26-18-8-10-20(11-9-18)31(29,30)27-19-7-6-16-4-2-3-5-17(16)13-19/h2-14,26-27H,1H3. The van der Waals surface area contributed by atoms with E-state index in [2.05, 4.69) is 25.1 Å². The number of benzene rings is 3. The van der Waals surface area contributed by atoms with Crippen LogP contribution < -0.4 is 10.0 Å². The van der Waals surface area contributed by atoms with Crippen LogP contribution in [0.4, 0.5) is 17.2 Å². The molecule has 0 bridgehead atoms. The van der Waals surface area contributed by atoms with Gasteiger partial charge in [-0.25, -0.2) is 13.4 Å². The highest BCUT2D eigenvalue weighted by Crippen LogP contribution is 2.24. The Morgan fingerprint density at radius 2 is 1.61 bits per heavy atom. The van der Waals surface area contributed by atoms with Crippen LogP contribution >= 0.6 is 0 Å². The van der Waals surface area contributed by atoms with E-state index < -0.39 is 10.0 Å². The fourth-order valence-corrected chi connectivity index (χ4v) is 4.40. The summed E-state index contributed by atoms with van der Waals surface area (Å²) in [5.41, 5.74) is 2.02. The number of rotatable bonds is 5. The lowest BCUT2D eigenvalue weighted by Gasteiger charge is -2.11. The second-order valence-corrected chi connectivity index (χ2v) is 8.75. The molecule has 2 heterocycles. The summed E-state index contributed by atoms with van der Waals surface area (Å²) in [5.74, 6) is 1.17. The molecule has 0 fully saturated rings. The van der Waals surface area contributed by atoms with Crippen molar-refractivity contribution in [3.63, 3.8) is 0 Å². The zero-order chi connectivity index (χ0) is 21.4. The van der Waals surface area contributed by atoms with Crippen molar-refractivity contribution >= 4 is 43.8 Å². The van der Waals surface area contributed by atoms with Crippen molar-refractivity contribution in [1.29, 1.82) is 0 Å². The van der Waals surface area contributed by atoms with Crippen LogP contribution in [-0.2, 0) is 10.0 Å². The molecule has 154 valence electrons. The van der Waals surface area contributed by atoms with Gasteiger partial charge in [0.05, 0.1) is 4.90 Å². The zero-order valence-electron chi connectivity index (χ0n) is 16.5. The van der Waals surface area contributed by atoms with E-state index in [9.17, 15) is 8.42 Å². The first kappa shape index (κ1) is 19.0. The molecule has 0 aliphatic heterocycles. The fourth-order valence-electron chi connectivity index (χ4n) is 3.35. The van der Waals surface area contributed by atoms with Crippen molar-refractivity contribution in [3.05, 3.63) is 84.8 Å². The highest BCUT2D eigenvalue weighted by Gasteiger charge is 2.15. The molecule has 5 aromatic rings. The van der Waals surface area contributed by atoms with E-state index in [1.54, 1.807) is 34.8 Å². The van der Waals surface area contributed by atoms with E-state index in [-0.39, 0.29) is 4.90 Å². The molecule has 0 amide bonds. The average molecular weight is 430 g/mol. The van der Waals surface area contributed by atoms with Gasteiger partial charge >= 0.3 is 0 Å². The Kier molecular flexibility index (Phi) is 4.52. The molecule has 0 aliphatic carbocycles. The SMILES string of the molecule is Cc1cc(Nc2ccc(S(=O)(=O)Nc3ccc4ccccc4c3)cc2)n2ncnc2n1. The van der Waals surface area contributed by atoms with Gasteiger partial charge in [-0.1, -0.05) is 30.3 Å². The molecule has 8 nitrogen and oxygen atoms in total. The van der Waals surface area contributed by atoms with Gasteiger partial charge in [-0.15, -0.1) is 0 Å². The summed E-state index contributed by atoms with van der Waals surface area (Å²) in [6, 6.07) is 21.6. The number of nitrogens with zero attached hydrogens (tertiary/aromatic N) is 4. The van der Waals surface area contributed by atoms with E-state index in [0.717, 1.165) is 16.5 Å².